The lowest BCUT2D eigenvalue weighted by Crippen LogP contribution is -2.02. The van der Waals surface area contributed by atoms with Crippen LogP contribution in [0.3, 0.4) is 0 Å². The molecule has 0 aliphatic rings. The van der Waals surface area contributed by atoms with Crippen LogP contribution < -0.4 is 0 Å². The average molecular weight is 256 g/mol. The Labute approximate surface area is 113 Å². The van der Waals surface area contributed by atoms with Gasteiger partial charge in [0.2, 0.25) is 0 Å². The second kappa shape index (κ2) is 5.83. The Hall–Kier alpha value is -1.90. The molecule has 100 valence electrons. The highest BCUT2D eigenvalue weighted by atomic mass is 16.1. The van der Waals surface area contributed by atoms with Crippen molar-refractivity contribution in [3.8, 4) is 0 Å². The fourth-order valence-electron chi connectivity index (χ4n) is 2.32. The SMILES string of the molecule is CCC(=CC(=O)Cc1nn(C)c2ccccc12)CC. The number of aromatic nitrogens is 2. The van der Waals surface area contributed by atoms with E-state index in [-0.39, 0.29) is 5.78 Å². The summed E-state index contributed by atoms with van der Waals surface area (Å²) >= 11 is 0. The van der Waals surface area contributed by atoms with E-state index in [9.17, 15) is 4.79 Å². The van der Waals surface area contributed by atoms with Gasteiger partial charge in [-0.2, -0.15) is 5.10 Å². The molecular formula is C16H20N2O. The first-order valence-corrected chi connectivity index (χ1v) is 6.78. The Bertz CT molecular complexity index is 617. The van der Waals surface area contributed by atoms with Gasteiger partial charge in [0.05, 0.1) is 17.6 Å². The van der Waals surface area contributed by atoms with Gasteiger partial charge >= 0.3 is 0 Å². The predicted octanol–water partition coefficient (Wildman–Crippen LogP) is 3.43. The van der Waals surface area contributed by atoms with Gasteiger partial charge in [-0.1, -0.05) is 37.6 Å². The molecule has 1 aromatic carbocycles. The summed E-state index contributed by atoms with van der Waals surface area (Å²) in [7, 11) is 1.91. The van der Waals surface area contributed by atoms with Gasteiger partial charge in [0.1, 0.15) is 0 Å². The fourth-order valence-corrected chi connectivity index (χ4v) is 2.32. The lowest BCUT2D eigenvalue weighted by molar-refractivity contribution is -0.114. The van der Waals surface area contributed by atoms with E-state index in [0.717, 1.165) is 29.4 Å². The summed E-state index contributed by atoms with van der Waals surface area (Å²) in [6.07, 6.45) is 4.03. The van der Waals surface area contributed by atoms with Crippen molar-refractivity contribution in [2.24, 2.45) is 7.05 Å². The molecule has 2 rings (SSSR count). The van der Waals surface area contributed by atoms with E-state index in [1.807, 2.05) is 36.0 Å². The summed E-state index contributed by atoms with van der Waals surface area (Å²) in [6, 6.07) is 8.02. The largest absolute Gasteiger partial charge is 0.294 e. The third kappa shape index (κ3) is 2.92. The van der Waals surface area contributed by atoms with Crippen LogP contribution in [-0.2, 0) is 18.3 Å². The number of ketones is 1. The molecule has 19 heavy (non-hydrogen) atoms. The van der Waals surface area contributed by atoms with Gasteiger partial charge in [-0.3, -0.25) is 9.48 Å². The minimum Gasteiger partial charge on any atom is -0.294 e. The Kier molecular flexibility index (Phi) is 4.15. The fraction of sp³-hybridized carbons (Fsp3) is 0.375. The number of para-hydroxylation sites is 1. The van der Waals surface area contributed by atoms with Crippen LogP contribution in [0.4, 0.5) is 0 Å². The third-order valence-corrected chi connectivity index (χ3v) is 3.45. The first-order valence-electron chi connectivity index (χ1n) is 6.78. The second-order valence-corrected chi connectivity index (χ2v) is 4.74. The molecular weight excluding hydrogens is 236 g/mol. The predicted molar refractivity (Wildman–Crippen MR) is 78.1 cm³/mol. The Morgan fingerprint density at radius 2 is 1.95 bits per heavy atom. The van der Waals surface area contributed by atoms with Crippen LogP contribution in [0.2, 0.25) is 0 Å². The smallest absolute Gasteiger partial charge is 0.161 e. The number of carbonyl (C=O) groups is 1. The van der Waals surface area contributed by atoms with Gasteiger partial charge in [-0.05, 0) is 25.0 Å². The highest BCUT2D eigenvalue weighted by Crippen LogP contribution is 2.18. The van der Waals surface area contributed by atoms with Crippen molar-refractivity contribution in [3.63, 3.8) is 0 Å². The van der Waals surface area contributed by atoms with Crippen LogP contribution in [0.1, 0.15) is 32.4 Å². The first-order chi connectivity index (χ1) is 9.15. The van der Waals surface area contributed by atoms with E-state index < -0.39 is 0 Å². The van der Waals surface area contributed by atoms with E-state index in [1.165, 1.54) is 5.57 Å². The molecule has 0 N–H and O–H groups in total. The van der Waals surface area contributed by atoms with E-state index >= 15 is 0 Å². The van der Waals surface area contributed by atoms with Gasteiger partial charge in [-0.15, -0.1) is 0 Å². The highest BCUT2D eigenvalue weighted by Gasteiger charge is 2.11. The molecule has 1 aromatic heterocycles. The molecule has 0 fully saturated rings. The van der Waals surface area contributed by atoms with Crippen molar-refractivity contribution >= 4 is 16.7 Å². The summed E-state index contributed by atoms with van der Waals surface area (Å²) in [4.78, 5) is 12.1. The van der Waals surface area contributed by atoms with E-state index in [4.69, 9.17) is 0 Å². The van der Waals surface area contributed by atoms with Gasteiger partial charge in [0.25, 0.3) is 0 Å². The number of benzene rings is 1. The molecule has 0 unspecified atom stereocenters. The minimum atomic E-state index is 0.141. The summed E-state index contributed by atoms with van der Waals surface area (Å²) in [5.74, 6) is 0.141. The van der Waals surface area contributed by atoms with Crippen LogP contribution in [0, 0.1) is 0 Å². The van der Waals surface area contributed by atoms with Gasteiger partial charge in [0, 0.05) is 12.4 Å². The van der Waals surface area contributed by atoms with Crippen molar-refractivity contribution in [2.45, 2.75) is 33.1 Å². The van der Waals surface area contributed by atoms with Gasteiger partial charge in [-0.25, -0.2) is 0 Å². The first kappa shape index (κ1) is 13.5. The molecule has 0 aliphatic carbocycles. The number of aryl methyl sites for hydroxylation is 1. The minimum absolute atomic E-state index is 0.141. The lowest BCUT2D eigenvalue weighted by atomic mass is 10.1. The molecule has 2 aromatic rings. The second-order valence-electron chi connectivity index (χ2n) is 4.74. The van der Waals surface area contributed by atoms with Crippen LogP contribution in [-0.4, -0.2) is 15.6 Å². The molecule has 0 atom stereocenters. The standard InChI is InChI=1S/C16H20N2O/c1-4-12(5-2)10-13(19)11-15-14-8-6-7-9-16(14)18(3)17-15/h6-10H,4-5,11H2,1-3H3. The van der Waals surface area contributed by atoms with Crippen LogP contribution in [0.25, 0.3) is 10.9 Å². The molecule has 0 saturated heterocycles. The normalized spacial score (nSPS) is 10.7. The van der Waals surface area contributed by atoms with E-state index in [2.05, 4.69) is 18.9 Å². The van der Waals surface area contributed by atoms with Crippen LogP contribution in [0.15, 0.2) is 35.9 Å². The molecule has 1 heterocycles. The van der Waals surface area contributed by atoms with Crippen molar-refractivity contribution < 1.29 is 4.79 Å². The quantitative estimate of drug-likeness (QED) is 0.768. The summed E-state index contributed by atoms with van der Waals surface area (Å²) in [5, 5.41) is 5.53. The summed E-state index contributed by atoms with van der Waals surface area (Å²) in [6.45, 7) is 4.16. The number of allylic oxidation sites excluding steroid dienone is 2. The average Bonchev–Trinajstić information content (AvgIpc) is 2.73. The van der Waals surface area contributed by atoms with Crippen molar-refractivity contribution in [2.75, 3.05) is 0 Å². The maximum atomic E-state index is 12.1. The lowest BCUT2D eigenvalue weighted by Gasteiger charge is -1.99. The number of hydrogen-bond donors (Lipinski definition) is 0. The molecule has 0 aliphatic heterocycles. The topological polar surface area (TPSA) is 34.9 Å². The van der Waals surface area contributed by atoms with Crippen LogP contribution in [0.5, 0.6) is 0 Å². The number of carbonyl (C=O) groups excluding carboxylic acids is 1. The van der Waals surface area contributed by atoms with Gasteiger partial charge < -0.3 is 0 Å². The Balaban J connectivity index is 2.27. The monoisotopic (exact) mass is 256 g/mol. The van der Waals surface area contributed by atoms with E-state index in [0.29, 0.717) is 6.42 Å². The summed E-state index contributed by atoms with van der Waals surface area (Å²) < 4.78 is 1.84. The van der Waals surface area contributed by atoms with Crippen molar-refractivity contribution in [3.05, 3.63) is 41.6 Å². The van der Waals surface area contributed by atoms with E-state index in [1.54, 1.807) is 6.08 Å². The molecule has 3 nitrogen and oxygen atoms in total. The summed E-state index contributed by atoms with van der Waals surface area (Å²) in [5.41, 5.74) is 3.14. The molecule has 0 saturated carbocycles. The number of nitrogens with zero attached hydrogens (tertiary/aromatic N) is 2. The molecule has 0 radical (unpaired) electrons. The molecule has 0 amide bonds. The van der Waals surface area contributed by atoms with Crippen molar-refractivity contribution in [1.82, 2.24) is 9.78 Å². The van der Waals surface area contributed by atoms with Gasteiger partial charge in [0.15, 0.2) is 5.78 Å². The maximum absolute atomic E-state index is 12.1. The number of rotatable bonds is 5. The van der Waals surface area contributed by atoms with Crippen LogP contribution >= 0.6 is 0 Å². The maximum Gasteiger partial charge on any atom is 0.161 e. The Morgan fingerprint density at radius 1 is 1.26 bits per heavy atom. The highest BCUT2D eigenvalue weighted by molar-refractivity contribution is 5.95. The zero-order chi connectivity index (χ0) is 13.8. The number of fused-ring (bicyclic) bond motifs is 1. The van der Waals surface area contributed by atoms with Crippen molar-refractivity contribution in [1.29, 1.82) is 0 Å². The zero-order valence-electron chi connectivity index (χ0n) is 11.8. The third-order valence-electron chi connectivity index (χ3n) is 3.45. The number of hydrogen-bond acceptors (Lipinski definition) is 2. The Morgan fingerprint density at radius 3 is 2.63 bits per heavy atom. The molecule has 0 bridgehead atoms. The molecule has 3 heteroatoms. The molecule has 0 spiro atoms. The zero-order valence-corrected chi connectivity index (χ0v) is 11.8.